The highest BCUT2D eigenvalue weighted by Gasteiger charge is 2.09. The van der Waals surface area contributed by atoms with Crippen molar-refractivity contribution in [1.82, 2.24) is 15.3 Å². The van der Waals surface area contributed by atoms with Crippen molar-refractivity contribution in [3.63, 3.8) is 0 Å². The largest absolute Gasteiger partial charge is 0.351 e. The predicted molar refractivity (Wildman–Crippen MR) is 81.6 cm³/mol. The van der Waals surface area contributed by atoms with Crippen LogP contribution < -0.4 is 16.6 Å². The first kappa shape index (κ1) is 14.9. The van der Waals surface area contributed by atoms with Crippen molar-refractivity contribution in [2.45, 2.75) is 19.3 Å². The van der Waals surface area contributed by atoms with Gasteiger partial charge in [-0.3, -0.25) is 4.79 Å². The lowest BCUT2D eigenvalue weighted by molar-refractivity contribution is 0.0947. The van der Waals surface area contributed by atoms with Crippen molar-refractivity contribution < 1.29 is 4.79 Å². The van der Waals surface area contributed by atoms with Crippen molar-refractivity contribution >= 4 is 11.7 Å². The molecule has 0 bridgehead atoms. The van der Waals surface area contributed by atoms with Gasteiger partial charge < -0.3 is 10.7 Å². The molecule has 0 saturated carbocycles. The minimum absolute atomic E-state index is 0.230. The molecule has 110 valence electrons. The summed E-state index contributed by atoms with van der Waals surface area (Å²) in [6.07, 6.45) is 3.68. The second-order valence-electron chi connectivity index (χ2n) is 4.79. The molecule has 1 amide bonds. The molecule has 6 nitrogen and oxygen atoms in total. The quantitative estimate of drug-likeness (QED) is 0.554. The summed E-state index contributed by atoms with van der Waals surface area (Å²) < 4.78 is 0. The number of nitrogens with two attached hydrogens (primary N) is 1. The number of nitrogen functional groups attached to an aromatic ring is 1. The van der Waals surface area contributed by atoms with Crippen LogP contribution in [0.15, 0.2) is 42.7 Å². The second kappa shape index (κ2) is 7.35. The van der Waals surface area contributed by atoms with E-state index in [1.54, 1.807) is 0 Å². The first-order valence-electron chi connectivity index (χ1n) is 6.82. The highest BCUT2D eigenvalue weighted by molar-refractivity contribution is 5.91. The van der Waals surface area contributed by atoms with Gasteiger partial charge in [-0.1, -0.05) is 37.3 Å². The van der Waals surface area contributed by atoms with E-state index >= 15 is 0 Å². The summed E-state index contributed by atoms with van der Waals surface area (Å²) in [6.45, 7) is 2.73. The monoisotopic (exact) mass is 285 g/mol. The van der Waals surface area contributed by atoms with Crippen LogP contribution in [0.5, 0.6) is 0 Å². The lowest BCUT2D eigenvalue weighted by atomic mass is 9.98. The fourth-order valence-electron chi connectivity index (χ4n) is 1.96. The van der Waals surface area contributed by atoms with Crippen molar-refractivity contribution in [3.05, 3.63) is 54.0 Å². The zero-order valence-corrected chi connectivity index (χ0v) is 11.9. The summed E-state index contributed by atoms with van der Waals surface area (Å²) in [4.78, 5) is 19.8. The summed E-state index contributed by atoms with van der Waals surface area (Å²) in [7, 11) is 0. The van der Waals surface area contributed by atoms with Crippen molar-refractivity contribution in [2.75, 3.05) is 12.0 Å². The van der Waals surface area contributed by atoms with Gasteiger partial charge in [0.1, 0.15) is 5.69 Å². The standard InChI is InChI=1S/C15H19N5O/c1-11(12-5-3-2-4-6-12)7-8-17-15(21)13-9-19-14(20-16)10-18-13/h2-6,9-11H,7-8,16H2,1H3,(H,17,21)(H,19,20). The van der Waals surface area contributed by atoms with Crippen LogP contribution in [0.2, 0.25) is 0 Å². The average Bonchev–Trinajstić information content (AvgIpc) is 2.55. The topological polar surface area (TPSA) is 92.9 Å². The van der Waals surface area contributed by atoms with Gasteiger partial charge in [0.2, 0.25) is 0 Å². The van der Waals surface area contributed by atoms with Gasteiger partial charge in [-0.25, -0.2) is 15.8 Å². The SMILES string of the molecule is CC(CCNC(=O)c1cnc(NN)cn1)c1ccccc1. The van der Waals surface area contributed by atoms with Gasteiger partial charge >= 0.3 is 0 Å². The molecule has 1 atom stereocenters. The molecule has 4 N–H and O–H groups in total. The third-order valence-electron chi connectivity index (χ3n) is 3.26. The van der Waals surface area contributed by atoms with Gasteiger partial charge in [-0.15, -0.1) is 0 Å². The van der Waals surface area contributed by atoms with Gasteiger partial charge in [0, 0.05) is 6.54 Å². The number of nitrogens with zero attached hydrogens (tertiary/aromatic N) is 2. The Labute approximate surface area is 123 Å². The molecule has 0 spiro atoms. The van der Waals surface area contributed by atoms with E-state index in [-0.39, 0.29) is 11.6 Å². The van der Waals surface area contributed by atoms with Gasteiger partial charge in [-0.05, 0) is 17.9 Å². The van der Waals surface area contributed by atoms with Crippen LogP contribution >= 0.6 is 0 Å². The van der Waals surface area contributed by atoms with E-state index in [0.717, 1.165) is 6.42 Å². The fourth-order valence-corrected chi connectivity index (χ4v) is 1.96. The lowest BCUT2D eigenvalue weighted by Crippen LogP contribution is -2.26. The smallest absolute Gasteiger partial charge is 0.271 e. The number of carbonyl (C=O) groups excluding carboxylic acids is 1. The zero-order valence-electron chi connectivity index (χ0n) is 11.9. The van der Waals surface area contributed by atoms with Crippen LogP contribution in [0.3, 0.4) is 0 Å². The molecular formula is C15H19N5O. The Morgan fingerprint density at radius 3 is 2.62 bits per heavy atom. The van der Waals surface area contributed by atoms with E-state index in [0.29, 0.717) is 18.3 Å². The molecule has 6 heteroatoms. The Hall–Kier alpha value is -2.47. The summed E-state index contributed by atoms with van der Waals surface area (Å²) in [6, 6.07) is 10.2. The molecule has 1 aromatic heterocycles. The Morgan fingerprint density at radius 2 is 2.00 bits per heavy atom. The molecule has 0 aliphatic carbocycles. The number of hydrazine groups is 1. The molecule has 0 saturated heterocycles. The number of amides is 1. The molecule has 21 heavy (non-hydrogen) atoms. The van der Waals surface area contributed by atoms with Gasteiger partial charge in [0.15, 0.2) is 5.82 Å². The third-order valence-corrected chi connectivity index (χ3v) is 3.26. The molecule has 1 heterocycles. The molecule has 0 fully saturated rings. The number of aromatic nitrogens is 2. The number of carbonyl (C=O) groups is 1. The second-order valence-corrected chi connectivity index (χ2v) is 4.79. The Bertz CT molecular complexity index is 570. The van der Waals surface area contributed by atoms with E-state index < -0.39 is 0 Å². The maximum absolute atomic E-state index is 11.9. The average molecular weight is 285 g/mol. The summed E-state index contributed by atoms with van der Waals surface area (Å²) in [5, 5.41) is 2.84. The van der Waals surface area contributed by atoms with Crippen LogP contribution in [-0.2, 0) is 0 Å². The number of rotatable bonds is 6. The van der Waals surface area contributed by atoms with Crippen LogP contribution in [-0.4, -0.2) is 22.4 Å². The van der Waals surface area contributed by atoms with Crippen LogP contribution in [0.25, 0.3) is 0 Å². The molecular weight excluding hydrogens is 266 g/mol. The molecule has 2 aromatic rings. The predicted octanol–water partition coefficient (Wildman–Crippen LogP) is 1.69. The number of benzene rings is 1. The van der Waals surface area contributed by atoms with E-state index in [4.69, 9.17) is 5.84 Å². The Kier molecular flexibility index (Phi) is 5.22. The minimum atomic E-state index is -0.230. The maximum atomic E-state index is 11.9. The fraction of sp³-hybridized carbons (Fsp3) is 0.267. The zero-order chi connectivity index (χ0) is 15.1. The molecule has 1 aromatic carbocycles. The Balaban J connectivity index is 1.81. The Morgan fingerprint density at radius 1 is 1.24 bits per heavy atom. The first-order chi connectivity index (χ1) is 10.2. The van der Waals surface area contributed by atoms with Crippen molar-refractivity contribution in [3.8, 4) is 0 Å². The number of anilines is 1. The minimum Gasteiger partial charge on any atom is -0.351 e. The van der Waals surface area contributed by atoms with Crippen LogP contribution in [0, 0.1) is 0 Å². The van der Waals surface area contributed by atoms with E-state index in [1.807, 2.05) is 18.2 Å². The first-order valence-corrected chi connectivity index (χ1v) is 6.82. The highest BCUT2D eigenvalue weighted by atomic mass is 16.1. The van der Waals surface area contributed by atoms with Crippen LogP contribution in [0.4, 0.5) is 5.82 Å². The number of hydrogen-bond acceptors (Lipinski definition) is 5. The normalized spacial score (nSPS) is 11.7. The number of nitrogens with one attached hydrogen (secondary N) is 2. The molecule has 0 aliphatic heterocycles. The molecule has 1 unspecified atom stereocenters. The van der Waals surface area contributed by atoms with E-state index in [9.17, 15) is 4.79 Å². The lowest BCUT2D eigenvalue weighted by Gasteiger charge is -2.12. The van der Waals surface area contributed by atoms with E-state index in [1.165, 1.54) is 18.0 Å². The van der Waals surface area contributed by atoms with Crippen molar-refractivity contribution in [2.24, 2.45) is 5.84 Å². The van der Waals surface area contributed by atoms with Crippen LogP contribution in [0.1, 0.15) is 35.3 Å². The van der Waals surface area contributed by atoms with Gasteiger partial charge in [0.25, 0.3) is 5.91 Å². The van der Waals surface area contributed by atoms with Gasteiger partial charge in [-0.2, -0.15) is 0 Å². The highest BCUT2D eigenvalue weighted by Crippen LogP contribution is 2.17. The summed E-state index contributed by atoms with van der Waals surface area (Å²) in [5.41, 5.74) is 3.91. The maximum Gasteiger partial charge on any atom is 0.271 e. The van der Waals surface area contributed by atoms with E-state index in [2.05, 4.69) is 39.8 Å². The molecule has 0 radical (unpaired) electrons. The summed E-state index contributed by atoms with van der Waals surface area (Å²) in [5.74, 6) is 5.77. The van der Waals surface area contributed by atoms with Gasteiger partial charge in [0.05, 0.1) is 12.4 Å². The van der Waals surface area contributed by atoms with Crippen molar-refractivity contribution in [1.29, 1.82) is 0 Å². The third kappa shape index (κ3) is 4.25. The number of hydrogen-bond donors (Lipinski definition) is 3. The molecule has 2 rings (SSSR count). The molecule has 0 aliphatic rings. The summed E-state index contributed by atoms with van der Waals surface area (Å²) >= 11 is 0.